The molecule has 37 heavy (non-hydrogen) atoms. The maximum Gasteiger partial charge on any atom is 0.312 e. The van der Waals surface area contributed by atoms with E-state index in [-0.39, 0.29) is 36.1 Å². The summed E-state index contributed by atoms with van der Waals surface area (Å²) in [5, 5.41) is 11.0. The van der Waals surface area contributed by atoms with E-state index < -0.39 is 24.0 Å². The Kier molecular flexibility index (Phi) is 13.1. The average molecular weight is 518 g/mol. The summed E-state index contributed by atoms with van der Waals surface area (Å²) in [5.41, 5.74) is 6.93. The van der Waals surface area contributed by atoms with Gasteiger partial charge in [-0.05, 0) is 60.6 Å². The van der Waals surface area contributed by atoms with E-state index in [1.807, 2.05) is 38.1 Å². The lowest BCUT2D eigenvalue weighted by molar-refractivity contribution is -0.132. The smallest absolute Gasteiger partial charge is 0.312 e. The van der Waals surface area contributed by atoms with Crippen molar-refractivity contribution in [1.82, 2.24) is 16.0 Å². The highest BCUT2D eigenvalue weighted by Crippen LogP contribution is 2.20. The molecule has 208 valence electrons. The van der Waals surface area contributed by atoms with Crippen LogP contribution in [0.1, 0.15) is 79.7 Å². The molecule has 0 unspecified atom stereocenters. The highest BCUT2D eigenvalue weighted by molar-refractivity contribution is 5.98. The number of amides is 5. The van der Waals surface area contributed by atoms with E-state index in [0.717, 1.165) is 6.42 Å². The quantitative estimate of drug-likeness (QED) is 0.240. The summed E-state index contributed by atoms with van der Waals surface area (Å²) in [6, 6.07) is 5.35. The SMILES string of the molecule is CC(C)Cc1ccc(NC(=O)[C@H](CCCNC(N)=O)NC(=O)[C@@H](NC(=O)CCC(C)(C)C)C(C)C)cc1. The fraction of sp³-hybridized carbons (Fsp3) is 0.643. The van der Waals surface area contributed by atoms with Gasteiger partial charge in [0.1, 0.15) is 12.1 Å². The largest absolute Gasteiger partial charge is 0.352 e. The number of carbonyl (C=O) groups is 4. The van der Waals surface area contributed by atoms with Crippen molar-refractivity contribution in [2.75, 3.05) is 11.9 Å². The first kappa shape index (κ1) is 31.9. The molecule has 0 spiro atoms. The zero-order valence-electron chi connectivity index (χ0n) is 23.6. The Labute approximate surface area is 222 Å². The average Bonchev–Trinajstić information content (AvgIpc) is 2.78. The number of anilines is 1. The molecule has 1 rings (SSSR count). The van der Waals surface area contributed by atoms with E-state index >= 15 is 0 Å². The van der Waals surface area contributed by atoms with Gasteiger partial charge in [0.2, 0.25) is 17.7 Å². The number of primary amides is 1. The van der Waals surface area contributed by atoms with Crippen LogP contribution in [0.2, 0.25) is 0 Å². The normalized spacial score (nSPS) is 13.1. The second-order valence-corrected chi connectivity index (χ2v) is 11.6. The van der Waals surface area contributed by atoms with Gasteiger partial charge in [-0.25, -0.2) is 4.79 Å². The summed E-state index contributed by atoms with van der Waals surface area (Å²) in [5.74, 6) is -0.638. The number of urea groups is 1. The molecule has 0 bridgehead atoms. The number of hydrogen-bond acceptors (Lipinski definition) is 4. The minimum absolute atomic E-state index is 0.00203. The second-order valence-electron chi connectivity index (χ2n) is 11.6. The monoisotopic (exact) mass is 517 g/mol. The third-order valence-corrected chi connectivity index (χ3v) is 5.83. The Morgan fingerprint density at radius 3 is 2.05 bits per heavy atom. The Morgan fingerprint density at radius 2 is 1.54 bits per heavy atom. The topological polar surface area (TPSA) is 142 Å². The maximum absolute atomic E-state index is 13.2. The van der Waals surface area contributed by atoms with Crippen molar-refractivity contribution >= 4 is 29.4 Å². The molecule has 0 aliphatic heterocycles. The maximum atomic E-state index is 13.2. The van der Waals surface area contributed by atoms with Crippen LogP contribution in [0.3, 0.4) is 0 Å². The number of hydrogen-bond donors (Lipinski definition) is 5. The zero-order chi connectivity index (χ0) is 28.2. The van der Waals surface area contributed by atoms with Crippen LogP contribution < -0.4 is 27.0 Å². The van der Waals surface area contributed by atoms with Crippen molar-refractivity contribution in [3.8, 4) is 0 Å². The fourth-order valence-electron chi connectivity index (χ4n) is 3.74. The number of nitrogens with two attached hydrogens (primary N) is 1. The van der Waals surface area contributed by atoms with Crippen molar-refractivity contribution in [1.29, 1.82) is 0 Å². The first-order valence-corrected chi connectivity index (χ1v) is 13.2. The van der Waals surface area contributed by atoms with Gasteiger partial charge in [-0.2, -0.15) is 0 Å². The molecule has 1 aromatic rings. The molecule has 1 aromatic carbocycles. The molecule has 5 amide bonds. The van der Waals surface area contributed by atoms with E-state index in [1.165, 1.54) is 5.56 Å². The van der Waals surface area contributed by atoms with Crippen molar-refractivity contribution in [2.45, 2.75) is 92.7 Å². The van der Waals surface area contributed by atoms with E-state index in [1.54, 1.807) is 0 Å². The van der Waals surface area contributed by atoms with Crippen LogP contribution in [0.5, 0.6) is 0 Å². The van der Waals surface area contributed by atoms with Gasteiger partial charge >= 0.3 is 6.03 Å². The lowest BCUT2D eigenvalue weighted by Crippen LogP contribution is -2.54. The minimum atomic E-state index is -0.856. The summed E-state index contributed by atoms with van der Waals surface area (Å²) in [6.07, 6.45) is 2.66. The fourth-order valence-corrected chi connectivity index (χ4v) is 3.74. The van der Waals surface area contributed by atoms with E-state index in [4.69, 9.17) is 5.73 Å². The van der Waals surface area contributed by atoms with Crippen LogP contribution in [0.15, 0.2) is 24.3 Å². The highest BCUT2D eigenvalue weighted by Gasteiger charge is 2.29. The lowest BCUT2D eigenvalue weighted by Gasteiger charge is -2.26. The molecule has 0 aromatic heterocycles. The summed E-state index contributed by atoms with van der Waals surface area (Å²) >= 11 is 0. The van der Waals surface area contributed by atoms with Gasteiger partial charge in [0.05, 0.1) is 0 Å². The molecule has 0 fully saturated rings. The molecule has 0 heterocycles. The summed E-state index contributed by atoms with van der Waals surface area (Å²) in [6.45, 7) is 14.4. The van der Waals surface area contributed by atoms with E-state index in [0.29, 0.717) is 30.9 Å². The minimum Gasteiger partial charge on any atom is -0.352 e. The first-order chi connectivity index (χ1) is 17.2. The Balaban J connectivity index is 2.91. The van der Waals surface area contributed by atoms with Gasteiger partial charge in [-0.1, -0.05) is 60.6 Å². The predicted octanol–water partition coefficient (Wildman–Crippen LogP) is 3.72. The molecular weight excluding hydrogens is 470 g/mol. The van der Waals surface area contributed by atoms with Gasteiger partial charge in [-0.3, -0.25) is 14.4 Å². The van der Waals surface area contributed by atoms with Crippen molar-refractivity contribution in [3.05, 3.63) is 29.8 Å². The second kappa shape index (κ2) is 15.2. The number of rotatable bonds is 14. The van der Waals surface area contributed by atoms with Crippen LogP contribution in [-0.4, -0.2) is 42.4 Å². The summed E-state index contributed by atoms with van der Waals surface area (Å²) < 4.78 is 0. The molecule has 0 aliphatic rings. The van der Waals surface area contributed by atoms with Crippen molar-refractivity contribution in [2.24, 2.45) is 23.0 Å². The van der Waals surface area contributed by atoms with Gasteiger partial charge in [0.15, 0.2) is 0 Å². The van der Waals surface area contributed by atoms with E-state index in [2.05, 4.69) is 55.9 Å². The van der Waals surface area contributed by atoms with Crippen LogP contribution in [0, 0.1) is 17.3 Å². The molecule has 9 heteroatoms. The van der Waals surface area contributed by atoms with Crippen LogP contribution in [0.4, 0.5) is 10.5 Å². The molecule has 0 radical (unpaired) electrons. The van der Waals surface area contributed by atoms with Gasteiger partial charge in [0, 0.05) is 18.7 Å². The van der Waals surface area contributed by atoms with Gasteiger partial charge in [0.25, 0.3) is 0 Å². The van der Waals surface area contributed by atoms with Crippen LogP contribution in [-0.2, 0) is 20.8 Å². The third-order valence-electron chi connectivity index (χ3n) is 5.83. The van der Waals surface area contributed by atoms with Crippen molar-refractivity contribution < 1.29 is 19.2 Å². The summed E-state index contributed by atoms with van der Waals surface area (Å²) in [4.78, 5) is 49.8. The van der Waals surface area contributed by atoms with Gasteiger partial charge in [-0.15, -0.1) is 0 Å². The van der Waals surface area contributed by atoms with Gasteiger partial charge < -0.3 is 27.0 Å². The third kappa shape index (κ3) is 13.7. The van der Waals surface area contributed by atoms with Crippen molar-refractivity contribution in [3.63, 3.8) is 0 Å². The number of benzene rings is 1. The number of nitrogens with one attached hydrogen (secondary N) is 4. The lowest BCUT2D eigenvalue weighted by atomic mass is 9.90. The summed E-state index contributed by atoms with van der Waals surface area (Å²) in [7, 11) is 0. The first-order valence-electron chi connectivity index (χ1n) is 13.2. The molecular formula is C28H47N5O4. The highest BCUT2D eigenvalue weighted by atomic mass is 16.2. The standard InChI is InChI=1S/C28H47N5O4/c1-18(2)17-20-10-12-21(13-11-20)31-25(35)22(9-8-16-30-27(29)37)32-26(36)24(19(3)4)33-23(34)14-15-28(5,6)7/h10-13,18-19,22,24H,8-9,14-17H2,1-7H3,(H,31,35)(H,32,36)(H,33,34)(H3,29,30,37)/t22-,24-/m0/s1. The molecule has 0 saturated heterocycles. The molecule has 0 saturated carbocycles. The van der Waals surface area contributed by atoms with Crippen LogP contribution in [0.25, 0.3) is 0 Å². The molecule has 0 aliphatic carbocycles. The Bertz CT molecular complexity index is 891. The number of carbonyl (C=O) groups excluding carboxylic acids is 4. The molecule has 2 atom stereocenters. The van der Waals surface area contributed by atoms with Crippen LogP contribution >= 0.6 is 0 Å². The Hall–Kier alpha value is -3.10. The molecule has 9 nitrogen and oxygen atoms in total. The Morgan fingerprint density at radius 1 is 0.919 bits per heavy atom. The van der Waals surface area contributed by atoms with E-state index in [9.17, 15) is 19.2 Å². The predicted molar refractivity (Wildman–Crippen MR) is 148 cm³/mol. The zero-order valence-corrected chi connectivity index (χ0v) is 23.6. The molecule has 6 N–H and O–H groups in total.